The predicted octanol–water partition coefficient (Wildman–Crippen LogP) is 3.70. The maximum Gasteiger partial charge on any atom is 0.339 e. The van der Waals surface area contributed by atoms with Crippen molar-refractivity contribution >= 4 is 17.6 Å². The third kappa shape index (κ3) is 7.02. The minimum Gasteiger partial charge on any atom is -0.381 e. The van der Waals surface area contributed by atoms with Crippen LogP contribution in [-0.2, 0) is 22.4 Å². The molecule has 2 aliphatic rings. The van der Waals surface area contributed by atoms with Crippen molar-refractivity contribution in [3.05, 3.63) is 77.1 Å². The maximum atomic E-state index is 13.2. The molecule has 1 aromatic carbocycles. The molecular weight excluding hydrogens is 473 g/mol. The number of aryl methyl sites for hydroxylation is 1. The Labute approximate surface area is 215 Å². The second-order valence-corrected chi connectivity index (χ2v) is 9.07. The van der Waals surface area contributed by atoms with Crippen molar-refractivity contribution in [2.24, 2.45) is 11.7 Å². The average Bonchev–Trinajstić information content (AvgIpc) is 3.33. The van der Waals surface area contributed by atoms with Crippen LogP contribution in [0.1, 0.15) is 47.9 Å². The van der Waals surface area contributed by atoms with Crippen LogP contribution in [0, 0.1) is 23.7 Å². The second-order valence-electron chi connectivity index (χ2n) is 9.07. The molecule has 8 nitrogen and oxygen atoms in total. The van der Waals surface area contributed by atoms with Gasteiger partial charge in [-0.05, 0) is 55.0 Å². The Kier molecular flexibility index (Phi) is 8.64. The Balaban J connectivity index is 0.000000180. The van der Waals surface area contributed by atoms with Gasteiger partial charge in [0.15, 0.2) is 0 Å². The molecule has 0 aliphatic carbocycles. The summed E-state index contributed by atoms with van der Waals surface area (Å²) in [6.07, 6.45) is 9.23. The number of carbonyl (C=O) groups is 2. The number of amides is 2. The first-order valence-corrected chi connectivity index (χ1v) is 12.3. The van der Waals surface area contributed by atoms with Gasteiger partial charge in [0, 0.05) is 68.2 Å². The SMILES string of the molecule is CN1C(=O)CCCc2ccc(C#CC3CCOCC3)cc21.NC(=O)n1cc(Cc2cccnc2F)cn1. The zero-order valence-corrected chi connectivity index (χ0v) is 20.8. The molecule has 0 atom stereocenters. The number of nitrogens with two attached hydrogens (primary N) is 1. The summed E-state index contributed by atoms with van der Waals surface area (Å²) in [5, 5.41) is 3.74. The summed E-state index contributed by atoms with van der Waals surface area (Å²) in [5.41, 5.74) is 9.45. The van der Waals surface area contributed by atoms with Crippen LogP contribution in [0.4, 0.5) is 14.9 Å². The number of halogens is 1. The number of primary amides is 1. The third-order valence-electron chi connectivity index (χ3n) is 6.39. The second kappa shape index (κ2) is 12.3. The Morgan fingerprint density at radius 3 is 2.78 bits per heavy atom. The lowest BCUT2D eigenvalue weighted by atomic mass is 10.00. The minimum absolute atomic E-state index is 0.197. The standard InChI is InChI=1S/C18H21NO2.C10H9FN4O/c1-19-17-13-15(6-5-14-9-11-21-12-10-14)7-8-16(17)3-2-4-18(19)20;11-9-8(2-1-3-13-9)4-7-5-14-15(6-7)10(12)16/h7-8,13-14H,2-4,9-12H2,1H3;1-3,5-6H,4H2,(H2,12,16). The number of hydrogen-bond donors (Lipinski definition) is 1. The fourth-order valence-corrected chi connectivity index (χ4v) is 4.27. The van der Waals surface area contributed by atoms with Crippen molar-refractivity contribution < 1.29 is 18.7 Å². The van der Waals surface area contributed by atoms with Crippen LogP contribution in [0.3, 0.4) is 0 Å². The maximum absolute atomic E-state index is 13.2. The number of anilines is 1. The van der Waals surface area contributed by atoms with Crippen LogP contribution < -0.4 is 10.6 Å². The molecule has 0 unspecified atom stereocenters. The molecule has 37 heavy (non-hydrogen) atoms. The summed E-state index contributed by atoms with van der Waals surface area (Å²) in [6.45, 7) is 1.64. The van der Waals surface area contributed by atoms with Crippen molar-refractivity contribution in [2.45, 2.75) is 38.5 Å². The van der Waals surface area contributed by atoms with Crippen LogP contribution in [-0.4, -0.2) is 47.0 Å². The Hall–Kier alpha value is -4.03. The van der Waals surface area contributed by atoms with Gasteiger partial charge in [0.2, 0.25) is 11.9 Å². The van der Waals surface area contributed by atoms with Crippen LogP contribution in [0.2, 0.25) is 0 Å². The van der Waals surface area contributed by atoms with E-state index in [0.717, 1.165) is 54.8 Å². The van der Waals surface area contributed by atoms with E-state index in [-0.39, 0.29) is 5.91 Å². The molecule has 2 aromatic heterocycles. The normalized spacial score (nSPS) is 15.5. The zero-order valence-electron chi connectivity index (χ0n) is 20.8. The van der Waals surface area contributed by atoms with Gasteiger partial charge in [-0.25, -0.2) is 9.78 Å². The van der Waals surface area contributed by atoms with Gasteiger partial charge in [-0.15, -0.1) is 0 Å². The van der Waals surface area contributed by atoms with E-state index in [4.69, 9.17) is 10.5 Å². The van der Waals surface area contributed by atoms with Gasteiger partial charge < -0.3 is 15.4 Å². The van der Waals surface area contributed by atoms with E-state index in [1.54, 1.807) is 17.0 Å². The molecule has 4 heterocycles. The van der Waals surface area contributed by atoms with E-state index in [1.807, 2.05) is 7.05 Å². The van der Waals surface area contributed by atoms with Gasteiger partial charge in [0.25, 0.3) is 0 Å². The van der Waals surface area contributed by atoms with Crippen molar-refractivity contribution in [2.75, 3.05) is 25.2 Å². The highest BCUT2D eigenvalue weighted by molar-refractivity contribution is 5.94. The molecule has 1 saturated heterocycles. The van der Waals surface area contributed by atoms with E-state index in [9.17, 15) is 14.0 Å². The van der Waals surface area contributed by atoms with Crippen LogP contribution in [0.15, 0.2) is 48.9 Å². The number of hydrogen-bond acceptors (Lipinski definition) is 5. The summed E-state index contributed by atoms with van der Waals surface area (Å²) in [4.78, 5) is 28.1. The van der Waals surface area contributed by atoms with Gasteiger partial charge in [-0.3, -0.25) is 4.79 Å². The highest BCUT2D eigenvalue weighted by Gasteiger charge is 2.19. The van der Waals surface area contributed by atoms with E-state index in [1.165, 1.54) is 24.2 Å². The van der Waals surface area contributed by atoms with E-state index in [0.29, 0.717) is 29.9 Å². The first kappa shape index (κ1) is 26.0. The van der Waals surface area contributed by atoms with Crippen molar-refractivity contribution in [1.29, 1.82) is 0 Å². The van der Waals surface area contributed by atoms with E-state index >= 15 is 0 Å². The number of rotatable bonds is 2. The van der Waals surface area contributed by atoms with Crippen LogP contribution in [0.25, 0.3) is 0 Å². The van der Waals surface area contributed by atoms with E-state index < -0.39 is 12.0 Å². The molecule has 1 fully saturated rings. The molecule has 0 radical (unpaired) electrons. The Morgan fingerprint density at radius 2 is 2.05 bits per heavy atom. The van der Waals surface area contributed by atoms with Gasteiger partial charge in [0.1, 0.15) is 0 Å². The molecule has 3 aromatic rings. The number of nitrogens with zero attached hydrogens (tertiary/aromatic N) is 4. The van der Waals surface area contributed by atoms with E-state index in [2.05, 4.69) is 40.1 Å². The topological polar surface area (TPSA) is 103 Å². The first-order valence-electron chi connectivity index (χ1n) is 12.3. The first-order chi connectivity index (χ1) is 17.9. The molecule has 9 heteroatoms. The number of benzene rings is 1. The zero-order chi connectivity index (χ0) is 26.2. The molecule has 2 aliphatic heterocycles. The van der Waals surface area contributed by atoms with Crippen LogP contribution >= 0.6 is 0 Å². The fourth-order valence-electron chi connectivity index (χ4n) is 4.27. The van der Waals surface area contributed by atoms with Crippen molar-refractivity contribution in [1.82, 2.24) is 14.8 Å². The summed E-state index contributed by atoms with van der Waals surface area (Å²) in [6, 6.07) is 8.87. The summed E-state index contributed by atoms with van der Waals surface area (Å²) >= 11 is 0. The Bertz CT molecular complexity index is 1320. The minimum atomic E-state index is -0.669. The fraction of sp³-hybridized carbons (Fsp3) is 0.357. The van der Waals surface area contributed by atoms with Gasteiger partial charge in [-0.2, -0.15) is 14.2 Å². The molecule has 0 bridgehead atoms. The van der Waals surface area contributed by atoms with Gasteiger partial charge >= 0.3 is 6.03 Å². The molecule has 0 spiro atoms. The monoisotopic (exact) mass is 503 g/mol. The van der Waals surface area contributed by atoms with Gasteiger partial charge in [0.05, 0.1) is 6.20 Å². The summed E-state index contributed by atoms with van der Waals surface area (Å²) in [5.74, 6) is 6.75. The molecule has 0 saturated carbocycles. The third-order valence-corrected chi connectivity index (χ3v) is 6.39. The number of pyridine rings is 1. The lowest BCUT2D eigenvalue weighted by molar-refractivity contribution is -0.118. The van der Waals surface area contributed by atoms with Gasteiger partial charge in [-0.1, -0.05) is 24.0 Å². The number of fused-ring (bicyclic) bond motifs is 1. The highest BCUT2D eigenvalue weighted by Crippen LogP contribution is 2.27. The molecule has 192 valence electrons. The number of carbonyl (C=O) groups excluding carboxylic acids is 2. The van der Waals surface area contributed by atoms with Crippen molar-refractivity contribution in [3.63, 3.8) is 0 Å². The quantitative estimate of drug-likeness (QED) is 0.424. The summed E-state index contributed by atoms with van der Waals surface area (Å²) < 4.78 is 19.6. The predicted molar refractivity (Wildman–Crippen MR) is 137 cm³/mol. The Morgan fingerprint density at radius 1 is 1.24 bits per heavy atom. The molecular formula is C28H30FN5O3. The molecule has 2 amide bonds. The molecule has 5 rings (SSSR count). The van der Waals surface area contributed by atoms with Crippen LogP contribution in [0.5, 0.6) is 0 Å². The highest BCUT2D eigenvalue weighted by atomic mass is 19.1. The van der Waals surface area contributed by atoms with Crippen molar-refractivity contribution in [3.8, 4) is 11.8 Å². The largest absolute Gasteiger partial charge is 0.381 e. The smallest absolute Gasteiger partial charge is 0.339 e. The molecule has 2 N–H and O–H groups in total. The lowest BCUT2D eigenvalue weighted by Gasteiger charge is -2.18. The lowest BCUT2D eigenvalue weighted by Crippen LogP contribution is -2.25. The number of ether oxygens (including phenoxy) is 1. The number of aromatic nitrogens is 3. The summed E-state index contributed by atoms with van der Waals surface area (Å²) in [7, 11) is 1.86. The average molecular weight is 504 g/mol.